The number of carbonyl (C=O) groups is 1. The van der Waals surface area contributed by atoms with E-state index in [-0.39, 0.29) is 0 Å². The lowest BCUT2D eigenvalue weighted by molar-refractivity contribution is 0.112. The topological polar surface area (TPSA) is 30.0 Å². The fourth-order valence-electron chi connectivity index (χ4n) is 2.07. The summed E-state index contributed by atoms with van der Waals surface area (Å²) in [5, 5.41) is 1.66. The van der Waals surface area contributed by atoms with E-state index >= 15 is 0 Å². The molecule has 1 heterocycles. The Labute approximate surface area is 115 Å². The summed E-state index contributed by atoms with van der Waals surface area (Å²) in [7, 11) is 0. The van der Waals surface area contributed by atoms with Crippen LogP contribution in [-0.4, -0.2) is 11.3 Å². The number of halogens is 1. The van der Waals surface area contributed by atoms with E-state index in [4.69, 9.17) is 11.6 Å². The molecule has 92 valence electrons. The van der Waals surface area contributed by atoms with Crippen LogP contribution in [0.1, 0.15) is 10.4 Å². The first-order valence-corrected chi connectivity index (χ1v) is 6.25. The third-order valence-electron chi connectivity index (χ3n) is 3.05. The van der Waals surface area contributed by atoms with Gasteiger partial charge in [0.2, 0.25) is 0 Å². The fourth-order valence-corrected chi connectivity index (χ4v) is 2.37. The van der Waals surface area contributed by atoms with Gasteiger partial charge in [-0.15, -0.1) is 0 Å². The molecule has 0 unspecified atom stereocenters. The highest BCUT2D eigenvalue weighted by molar-refractivity contribution is 6.33. The lowest BCUT2D eigenvalue weighted by atomic mass is 10.0. The number of hydrogen-bond acceptors (Lipinski definition) is 2. The summed E-state index contributed by atoms with van der Waals surface area (Å²) in [5.74, 6) is 0. The Balaban J connectivity index is 2.16. The summed E-state index contributed by atoms with van der Waals surface area (Å²) in [6.07, 6.45) is 2.56. The molecule has 0 atom stereocenters. The highest BCUT2D eigenvalue weighted by atomic mass is 35.5. The molecule has 3 aromatic rings. The molecule has 2 aromatic carbocycles. The molecule has 2 nitrogen and oxygen atoms in total. The molecule has 0 bridgehead atoms. The summed E-state index contributed by atoms with van der Waals surface area (Å²) in [4.78, 5) is 15.0. The van der Waals surface area contributed by atoms with Gasteiger partial charge in [-0.2, -0.15) is 0 Å². The van der Waals surface area contributed by atoms with E-state index in [0.29, 0.717) is 10.6 Å². The van der Waals surface area contributed by atoms with Gasteiger partial charge in [0.05, 0.1) is 5.52 Å². The molecule has 3 rings (SSSR count). The normalized spacial score (nSPS) is 10.6. The van der Waals surface area contributed by atoms with Crippen molar-refractivity contribution >= 4 is 28.8 Å². The minimum Gasteiger partial charge on any atom is -0.298 e. The van der Waals surface area contributed by atoms with E-state index in [2.05, 4.69) is 4.98 Å². The average molecular weight is 268 g/mol. The Bertz CT molecular complexity index is 768. The van der Waals surface area contributed by atoms with Gasteiger partial charge in [0.1, 0.15) is 6.29 Å². The second-order valence-corrected chi connectivity index (χ2v) is 4.68. The minimum atomic E-state index is 0.569. The molecule has 0 saturated carbocycles. The molecule has 0 aliphatic heterocycles. The van der Waals surface area contributed by atoms with E-state index in [9.17, 15) is 4.79 Å². The number of aldehydes is 1. The zero-order valence-corrected chi connectivity index (χ0v) is 10.8. The van der Waals surface area contributed by atoms with Gasteiger partial charge in [-0.05, 0) is 23.8 Å². The van der Waals surface area contributed by atoms with Crippen LogP contribution in [0, 0.1) is 0 Å². The zero-order chi connectivity index (χ0) is 13.2. The van der Waals surface area contributed by atoms with Crippen LogP contribution in [0.2, 0.25) is 5.02 Å². The maximum absolute atomic E-state index is 10.7. The fraction of sp³-hybridized carbons (Fsp3) is 0. The van der Waals surface area contributed by atoms with Crippen LogP contribution >= 0.6 is 11.6 Å². The lowest BCUT2D eigenvalue weighted by Gasteiger charge is -2.06. The van der Waals surface area contributed by atoms with Crippen LogP contribution in [0.4, 0.5) is 0 Å². The maximum atomic E-state index is 10.7. The molecule has 19 heavy (non-hydrogen) atoms. The van der Waals surface area contributed by atoms with Crippen molar-refractivity contribution < 1.29 is 4.79 Å². The molecular formula is C16H10ClNO. The second-order valence-electron chi connectivity index (χ2n) is 4.27. The Morgan fingerprint density at radius 3 is 2.74 bits per heavy atom. The first-order valence-electron chi connectivity index (χ1n) is 5.88. The summed E-state index contributed by atoms with van der Waals surface area (Å²) in [6, 6.07) is 15.2. The summed E-state index contributed by atoms with van der Waals surface area (Å²) in [5.41, 5.74) is 3.40. The molecule has 0 amide bonds. The van der Waals surface area contributed by atoms with Gasteiger partial charge in [-0.1, -0.05) is 41.9 Å². The van der Waals surface area contributed by atoms with E-state index in [1.54, 1.807) is 18.3 Å². The molecule has 0 radical (unpaired) electrons. The first kappa shape index (κ1) is 11.9. The smallest absolute Gasteiger partial charge is 0.150 e. The molecule has 0 saturated heterocycles. The minimum absolute atomic E-state index is 0.569. The van der Waals surface area contributed by atoms with Crippen LogP contribution in [-0.2, 0) is 0 Å². The highest BCUT2D eigenvalue weighted by Crippen LogP contribution is 2.30. The number of pyridine rings is 1. The molecule has 3 heteroatoms. The Morgan fingerprint density at radius 1 is 1.05 bits per heavy atom. The quantitative estimate of drug-likeness (QED) is 0.646. The van der Waals surface area contributed by atoms with Gasteiger partial charge < -0.3 is 0 Å². The van der Waals surface area contributed by atoms with Crippen molar-refractivity contribution in [1.82, 2.24) is 4.98 Å². The van der Waals surface area contributed by atoms with Gasteiger partial charge in [-0.3, -0.25) is 9.78 Å². The number of carbonyl (C=O) groups excluding carboxylic acids is 1. The zero-order valence-electron chi connectivity index (χ0n) is 10.0. The highest BCUT2D eigenvalue weighted by Gasteiger charge is 2.05. The van der Waals surface area contributed by atoms with Crippen molar-refractivity contribution in [1.29, 1.82) is 0 Å². The van der Waals surface area contributed by atoms with Gasteiger partial charge in [0.25, 0.3) is 0 Å². The van der Waals surface area contributed by atoms with Gasteiger partial charge in [-0.25, -0.2) is 0 Å². The van der Waals surface area contributed by atoms with Crippen molar-refractivity contribution in [3.05, 3.63) is 65.3 Å². The second kappa shape index (κ2) is 4.82. The van der Waals surface area contributed by atoms with E-state index in [0.717, 1.165) is 28.3 Å². The Kier molecular flexibility index (Phi) is 3.02. The van der Waals surface area contributed by atoms with Crippen molar-refractivity contribution in [2.24, 2.45) is 0 Å². The van der Waals surface area contributed by atoms with Crippen LogP contribution in [0.3, 0.4) is 0 Å². The van der Waals surface area contributed by atoms with E-state index in [1.807, 2.05) is 36.4 Å². The number of rotatable bonds is 2. The van der Waals surface area contributed by atoms with Crippen LogP contribution in [0.25, 0.3) is 22.0 Å². The SMILES string of the molecule is O=Cc1ccc(-c2ccc3cccnc3c2)c(Cl)c1. The molecule has 0 fully saturated rings. The van der Waals surface area contributed by atoms with Gasteiger partial charge in [0.15, 0.2) is 0 Å². The first-order chi connectivity index (χ1) is 9.28. The van der Waals surface area contributed by atoms with Crippen LogP contribution in [0.5, 0.6) is 0 Å². The van der Waals surface area contributed by atoms with Crippen molar-refractivity contribution in [3.63, 3.8) is 0 Å². The third-order valence-corrected chi connectivity index (χ3v) is 3.36. The van der Waals surface area contributed by atoms with E-state index in [1.165, 1.54) is 0 Å². The molecule has 0 N–H and O–H groups in total. The standard InChI is InChI=1S/C16H10ClNO/c17-15-8-11(10-19)3-6-14(15)13-5-4-12-2-1-7-18-16(12)9-13/h1-10H. The predicted molar refractivity (Wildman–Crippen MR) is 77.6 cm³/mol. The number of fused-ring (bicyclic) bond motifs is 1. The largest absolute Gasteiger partial charge is 0.298 e. The average Bonchev–Trinajstić information content (AvgIpc) is 2.46. The maximum Gasteiger partial charge on any atom is 0.150 e. The van der Waals surface area contributed by atoms with Crippen LogP contribution in [0.15, 0.2) is 54.7 Å². The van der Waals surface area contributed by atoms with Crippen LogP contribution < -0.4 is 0 Å². The van der Waals surface area contributed by atoms with Crippen molar-refractivity contribution in [3.8, 4) is 11.1 Å². The summed E-state index contributed by atoms with van der Waals surface area (Å²) < 4.78 is 0. The third kappa shape index (κ3) is 2.23. The number of benzene rings is 2. The van der Waals surface area contributed by atoms with E-state index < -0.39 is 0 Å². The molecule has 1 aromatic heterocycles. The van der Waals surface area contributed by atoms with Crippen molar-refractivity contribution in [2.45, 2.75) is 0 Å². The van der Waals surface area contributed by atoms with Gasteiger partial charge in [0, 0.05) is 27.7 Å². The Morgan fingerprint density at radius 2 is 1.95 bits per heavy atom. The monoisotopic (exact) mass is 267 g/mol. The van der Waals surface area contributed by atoms with Gasteiger partial charge >= 0.3 is 0 Å². The molecular weight excluding hydrogens is 258 g/mol. The molecule has 0 aliphatic carbocycles. The number of aromatic nitrogens is 1. The van der Waals surface area contributed by atoms with Crippen molar-refractivity contribution in [2.75, 3.05) is 0 Å². The number of hydrogen-bond donors (Lipinski definition) is 0. The molecule has 0 aliphatic rings. The number of nitrogens with zero attached hydrogens (tertiary/aromatic N) is 1. The Hall–Kier alpha value is -2.19. The summed E-state index contributed by atoms with van der Waals surface area (Å²) in [6.45, 7) is 0. The molecule has 0 spiro atoms. The summed E-state index contributed by atoms with van der Waals surface area (Å²) >= 11 is 6.21. The lowest BCUT2D eigenvalue weighted by Crippen LogP contribution is -1.85. The predicted octanol–water partition coefficient (Wildman–Crippen LogP) is 4.37.